The Morgan fingerprint density at radius 3 is 1.85 bits per heavy atom. The van der Waals surface area contributed by atoms with Gasteiger partial charge in [0, 0.05) is 12.7 Å². The van der Waals surface area contributed by atoms with E-state index in [9.17, 15) is 20.4 Å². The highest BCUT2D eigenvalue weighted by molar-refractivity contribution is 5.54. The molecule has 0 amide bonds. The maximum Gasteiger partial charge on any atom is 0.204 e. The van der Waals surface area contributed by atoms with E-state index in [-0.39, 0.29) is 23.9 Å². The minimum Gasteiger partial charge on any atom is -0.497 e. The Kier molecular flexibility index (Phi) is 11.2. The van der Waals surface area contributed by atoms with Gasteiger partial charge in [-0.05, 0) is 48.2 Å². The summed E-state index contributed by atoms with van der Waals surface area (Å²) in [7, 11) is 4.32. The molecule has 0 saturated carbocycles. The summed E-state index contributed by atoms with van der Waals surface area (Å²) >= 11 is 0. The van der Waals surface area contributed by atoms with E-state index in [0.29, 0.717) is 29.9 Å². The summed E-state index contributed by atoms with van der Waals surface area (Å²) in [6.07, 6.45) is -2.03. The largest absolute Gasteiger partial charge is 0.497 e. The average Bonchev–Trinajstić information content (AvgIpc) is 2.88. The molecule has 2 rings (SSSR count). The SMILES string of the molecule is COc1cc(CCCO)cc(OC(CO)C(O)c2cc(OC)c(OC(CO)CO)c(OC)c2)c1. The zero-order valence-electron chi connectivity index (χ0n) is 19.6. The van der Waals surface area contributed by atoms with Gasteiger partial charge < -0.3 is 49.2 Å². The predicted octanol–water partition coefficient (Wildman–Crippen LogP) is 0.843. The maximum absolute atomic E-state index is 11.0. The second-order valence-corrected chi connectivity index (χ2v) is 7.49. The lowest BCUT2D eigenvalue weighted by molar-refractivity contribution is 0.000329. The summed E-state index contributed by atoms with van der Waals surface area (Å²) in [5, 5.41) is 48.7. The molecule has 0 aliphatic heterocycles. The Hall–Kier alpha value is -2.76. The average molecular weight is 483 g/mol. The molecule has 0 bridgehead atoms. The van der Waals surface area contributed by atoms with Gasteiger partial charge in [-0.25, -0.2) is 0 Å². The first kappa shape index (κ1) is 27.5. The van der Waals surface area contributed by atoms with Crippen molar-refractivity contribution >= 4 is 0 Å². The van der Waals surface area contributed by atoms with Gasteiger partial charge in [-0.2, -0.15) is 0 Å². The van der Waals surface area contributed by atoms with Crippen LogP contribution < -0.4 is 23.7 Å². The van der Waals surface area contributed by atoms with Crippen LogP contribution in [0, 0.1) is 0 Å². The molecule has 2 atom stereocenters. The van der Waals surface area contributed by atoms with E-state index in [1.807, 2.05) is 6.07 Å². The zero-order chi connectivity index (χ0) is 25.1. The first-order chi connectivity index (χ1) is 16.4. The Morgan fingerprint density at radius 1 is 0.735 bits per heavy atom. The van der Waals surface area contributed by atoms with E-state index >= 15 is 0 Å². The molecular formula is C24H34O10. The van der Waals surface area contributed by atoms with Crippen molar-refractivity contribution in [3.8, 4) is 28.7 Å². The monoisotopic (exact) mass is 482 g/mol. The Bertz CT molecular complexity index is 859. The van der Waals surface area contributed by atoms with Crippen molar-refractivity contribution in [3.05, 3.63) is 41.5 Å². The lowest BCUT2D eigenvalue weighted by atomic mass is 10.0. The number of aliphatic hydroxyl groups excluding tert-OH is 5. The first-order valence-electron chi connectivity index (χ1n) is 10.8. The molecule has 0 aliphatic carbocycles. The lowest BCUT2D eigenvalue weighted by Gasteiger charge is -2.25. The number of aryl methyl sites for hydroxylation is 1. The van der Waals surface area contributed by atoms with Crippen molar-refractivity contribution in [1.29, 1.82) is 0 Å². The van der Waals surface area contributed by atoms with Crippen molar-refractivity contribution < 1.29 is 49.2 Å². The highest BCUT2D eigenvalue weighted by Gasteiger charge is 2.27. The fraction of sp³-hybridized carbons (Fsp3) is 0.500. The van der Waals surface area contributed by atoms with Crippen LogP contribution in [0.3, 0.4) is 0 Å². The quantitative estimate of drug-likeness (QED) is 0.247. The third kappa shape index (κ3) is 7.12. The van der Waals surface area contributed by atoms with Gasteiger partial charge in [-0.3, -0.25) is 0 Å². The summed E-state index contributed by atoms with van der Waals surface area (Å²) in [6, 6.07) is 8.22. The van der Waals surface area contributed by atoms with E-state index in [2.05, 4.69) is 0 Å². The van der Waals surface area contributed by atoms with Crippen LogP contribution in [-0.4, -0.2) is 85.5 Å². The molecule has 2 aromatic rings. The molecule has 2 aromatic carbocycles. The molecular weight excluding hydrogens is 448 g/mol. The third-order valence-electron chi connectivity index (χ3n) is 5.13. The number of methoxy groups -OCH3 is 3. The number of hydrogen-bond acceptors (Lipinski definition) is 10. The van der Waals surface area contributed by atoms with E-state index < -0.39 is 38.1 Å². The first-order valence-corrected chi connectivity index (χ1v) is 10.8. The summed E-state index contributed by atoms with van der Waals surface area (Å²) < 4.78 is 27.5. The Labute approximate surface area is 198 Å². The van der Waals surface area contributed by atoms with Gasteiger partial charge in [0.2, 0.25) is 5.75 Å². The van der Waals surface area contributed by atoms with Gasteiger partial charge in [0.05, 0.1) is 41.2 Å². The summed E-state index contributed by atoms with van der Waals surface area (Å²) in [5.41, 5.74) is 1.20. The second-order valence-electron chi connectivity index (χ2n) is 7.49. The fourth-order valence-electron chi connectivity index (χ4n) is 3.32. The molecule has 10 nitrogen and oxygen atoms in total. The summed E-state index contributed by atoms with van der Waals surface area (Å²) in [5.74, 6) is 1.48. The van der Waals surface area contributed by atoms with Crippen LogP contribution in [0.4, 0.5) is 0 Å². The van der Waals surface area contributed by atoms with E-state index in [1.54, 1.807) is 12.1 Å². The van der Waals surface area contributed by atoms with Crippen LogP contribution in [-0.2, 0) is 6.42 Å². The highest BCUT2D eigenvalue weighted by Crippen LogP contribution is 2.41. The van der Waals surface area contributed by atoms with Crippen LogP contribution in [0.5, 0.6) is 28.7 Å². The van der Waals surface area contributed by atoms with E-state index in [4.69, 9.17) is 28.8 Å². The molecule has 0 radical (unpaired) electrons. The molecule has 0 aliphatic rings. The van der Waals surface area contributed by atoms with Crippen LogP contribution in [0.1, 0.15) is 23.7 Å². The fourth-order valence-corrected chi connectivity index (χ4v) is 3.32. The van der Waals surface area contributed by atoms with Crippen molar-refractivity contribution in [2.45, 2.75) is 31.2 Å². The topological polar surface area (TPSA) is 147 Å². The second kappa shape index (κ2) is 13.8. The van der Waals surface area contributed by atoms with Crippen molar-refractivity contribution in [2.75, 3.05) is 47.8 Å². The van der Waals surface area contributed by atoms with Crippen LogP contribution in [0.15, 0.2) is 30.3 Å². The number of aliphatic hydroxyl groups is 5. The van der Waals surface area contributed by atoms with E-state index in [0.717, 1.165) is 5.56 Å². The van der Waals surface area contributed by atoms with Crippen LogP contribution >= 0.6 is 0 Å². The highest BCUT2D eigenvalue weighted by atomic mass is 16.6. The van der Waals surface area contributed by atoms with Gasteiger partial charge in [0.15, 0.2) is 17.6 Å². The zero-order valence-corrected chi connectivity index (χ0v) is 19.6. The molecule has 190 valence electrons. The molecule has 0 saturated heterocycles. The Morgan fingerprint density at radius 2 is 1.35 bits per heavy atom. The van der Waals surface area contributed by atoms with E-state index in [1.165, 1.54) is 33.5 Å². The summed E-state index contributed by atoms with van der Waals surface area (Å²) in [4.78, 5) is 0. The van der Waals surface area contributed by atoms with Gasteiger partial charge in [-0.15, -0.1) is 0 Å². The normalized spacial score (nSPS) is 12.9. The lowest BCUT2D eigenvalue weighted by Crippen LogP contribution is -2.29. The van der Waals surface area contributed by atoms with Crippen LogP contribution in [0.2, 0.25) is 0 Å². The van der Waals surface area contributed by atoms with Crippen molar-refractivity contribution in [1.82, 2.24) is 0 Å². The smallest absolute Gasteiger partial charge is 0.204 e. The molecule has 0 heterocycles. The molecule has 2 unspecified atom stereocenters. The number of rotatable bonds is 15. The van der Waals surface area contributed by atoms with Gasteiger partial charge in [-0.1, -0.05) is 0 Å². The standard InChI is InChI=1S/C24H34O10/c1-30-17-7-15(5-4-6-25)8-18(11-17)33-22(14-28)23(29)16-9-20(31-2)24(21(10-16)32-3)34-19(12-26)13-27/h7-11,19,22-23,25-29H,4-6,12-14H2,1-3H3. The molecule has 0 aromatic heterocycles. The number of ether oxygens (including phenoxy) is 5. The molecule has 10 heteroatoms. The van der Waals surface area contributed by atoms with Crippen molar-refractivity contribution in [3.63, 3.8) is 0 Å². The number of hydrogen-bond donors (Lipinski definition) is 5. The van der Waals surface area contributed by atoms with Crippen LogP contribution in [0.25, 0.3) is 0 Å². The summed E-state index contributed by atoms with van der Waals surface area (Å²) in [6.45, 7) is -1.29. The van der Waals surface area contributed by atoms with Crippen molar-refractivity contribution in [2.24, 2.45) is 0 Å². The minimum absolute atomic E-state index is 0.0477. The Balaban J connectivity index is 2.34. The number of benzene rings is 2. The predicted molar refractivity (Wildman–Crippen MR) is 123 cm³/mol. The minimum atomic E-state index is -1.28. The third-order valence-corrected chi connectivity index (χ3v) is 5.13. The van der Waals surface area contributed by atoms with Gasteiger partial charge in [0.1, 0.15) is 23.7 Å². The molecule has 0 fully saturated rings. The maximum atomic E-state index is 11.0. The van der Waals surface area contributed by atoms with Gasteiger partial charge >= 0.3 is 0 Å². The molecule has 5 N–H and O–H groups in total. The van der Waals surface area contributed by atoms with Gasteiger partial charge in [0.25, 0.3) is 0 Å². The molecule has 0 spiro atoms. The molecule has 34 heavy (non-hydrogen) atoms.